The van der Waals surface area contributed by atoms with Crippen LogP contribution < -0.4 is 5.46 Å². The molecule has 0 fully saturated rings. The van der Waals surface area contributed by atoms with Crippen LogP contribution in [0.3, 0.4) is 0 Å². The molecule has 4 aromatic carbocycles. The Morgan fingerprint density at radius 3 is 1.61 bits per heavy atom. The van der Waals surface area contributed by atoms with Gasteiger partial charge in [-0.25, -0.2) is 0 Å². The molecule has 2 aliphatic carbocycles. The van der Waals surface area contributed by atoms with E-state index in [1.807, 2.05) is 6.07 Å². The molecule has 180 valence electrons. The minimum Gasteiger partial charge on any atom is -0.423 e. The molecule has 0 amide bonds. The molecule has 0 atom stereocenters. The van der Waals surface area contributed by atoms with Crippen molar-refractivity contribution in [2.24, 2.45) is 0 Å². The second-order valence-electron chi connectivity index (χ2n) is 12.5. The average Bonchev–Trinajstić information content (AvgIpc) is 3.29. The lowest BCUT2D eigenvalue weighted by molar-refractivity contribution is 0.425. The molecule has 0 saturated heterocycles. The Labute approximate surface area is 214 Å². The predicted octanol–water partition coefficient (Wildman–Crippen LogP) is 6.30. The van der Waals surface area contributed by atoms with E-state index in [4.69, 9.17) is 0 Å². The summed E-state index contributed by atoms with van der Waals surface area (Å²) in [5.74, 6) is 0. The third-order valence-corrected chi connectivity index (χ3v) is 8.23. The van der Waals surface area contributed by atoms with E-state index in [2.05, 4.69) is 114 Å². The van der Waals surface area contributed by atoms with Gasteiger partial charge in [-0.05, 0) is 71.9 Å². The summed E-state index contributed by atoms with van der Waals surface area (Å²) in [7, 11) is -1.56. The Hall–Kier alpha value is -3.14. The lowest BCUT2D eigenvalue weighted by Crippen LogP contribution is -2.35. The topological polar surface area (TPSA) is 40.5 Å². The molecule has 0 aliphatic heterocycles. The number of hydrogen-bond acceptors (Lipinski definition) is 2. The normalized spacial score (nSPS) is 14.9. The van der Waals surface area contributed by atoms with Gasteiger partial charge < -0.3 is 10.0 Å². The Bertz CT molecular complexity index is 1490. The fourth-order valence-corrected chi connectivity index (χ4v) is 6.40. The number of fused-ring (bicyclic) bond motifs is 10. The Balaban J connectivity index is 1.85. The van der Waals surface area contributed by atoms with Crippen LogP contribution in [0.2, 0.25) is 0 Å². The zero-order valence-electron chi connectivity index (χ0n) is 22.0. The van der Waals surface area contributed by atoms with E-state index in [1.165, 1.54) is 33.4 Å². The van der Waals surface area contributed by atoms with E-state index in [0.717, 1.165) is 22.3 Å². The summed E-state index contributed by atoms with van der Waals surface area (Å²) < 4.78 is 0. The van der Waals surface area contributed by atoms with Gasteiger partial charge in [0.25, 0.3) is 0 Å². The highest BCUT2D eigenvalue weighted by Crippen LogP contribution is 2.63. The summed E-state index contributed by atoms with van der Waals surface area (Å²) in [5.41, 5.74) is 11.8. The molecular weight excluding hydrogens is 439 g/mol. The van der Waals surface area contributed by atoms with Gasteiger partial charge in [0.05, 0.1) is 5.41 Å². The molecular formula is C33H33BO2. The van der Waals surface area contributed by atoms with Gasteiger partial charge in [-0.2, -0.15) is 0 Å². The molecule has 0 unspecified atom stereocenters. The molecule has 2 aliphatic rings. The first kappa shape index (κ1) is 23.3. The van der Waals surface area contributed by atoms with E-state index in [-0.39, 0.29) is 10.8 Å². The van der Waals surface area contributed by atoms with Crippen LogP contribution >= 0.6 is 0 Å². The molecule has 0 bridgehead atoms. The zero-order chi connectivity index (χ0) is 25.6. The minimum absolute atomic E-state index is 0.0154. The predicted molar refractivity (Wildman–Crippen MR) is 150 cm³/mol. The van der Waals surface area contributed by atoms with Gasteiger partial charge in [0.1, 0.15) is 0 Å². The first-order valence-corrected chi connectivity index (χ1v) is 12.9. The fraction of sp³-hybridized carbons (Fsp3) is 0.273. The Morgan fingerprint density at radius 1 is 0.556 bits per heavy atom. The molecule has 0 saturated carbocycles. The van der Waals surface area contributed by atoms with Crippen LogP contribution in [0, 0.1) is 0 Å². The molecule has 4 aromatic rings. The van der Waals surface area contributed by atoms with Crippen molar-refractivity contribution in [3.8, 4) is 22.3 Å². The van der Waals surface area contributed by atoms with Crippen molar-refractivity contribution in [1.29, 1.82) is 0 Å². The molecule has 0 radical (unpaired) electrons. The molecule has 1 spiro atoms. The van der Waals surface area contributed by atoms with Crippen LogP contribution in [0.25, 0.3) is 22.3 Å². The summed E-state index contributed by atoms with van der Waals surface area (Å²) in [6.45, 7) is 13.3. The molecule has 0 heterocycles. The van der Waals surface area contributed by atoms with Crippen LogP contribution in [0.15, 0.2) is 78.9 Å². The summed E-state index contributed by atoms with van der Waals surface area (Å²) in [5, 5.41) is 21.3. The van der Waals surface area contributed by atoms with Crippen molar-refractivity contribution in [3.05, 3.63) is 112 Å². The van der Waals surface area contributed by atoms with E-state index < -0.39 is 12.5 Å². The van der Waals surface area contributed by atoms with Crippen molar-refractivity contribution in [2.75, 3.05) is 0 Å². The van der Waals surface area contributed by atoms with Crippen LogP contribution in [0.5, 0.6) is 0 Å². The maximum absolute atomic E-state index is 10.7. The third kappa shape index (κ3) is 3.00. The van der Waals surface area contributed by atoms with Crippen LogP contribution in [0.1, 0.15) is 74.9 Å². The van der Waals surface area contributed by atoms with Crippen molar-refractivity contribution in [2.45, 2.75) is 57.8 Å². The maximum atomic E-state index is 10.7. The third-order valence-electron chi connectivity index (χ3n) is 8.23. The number of rotatable bonds is 1. The lowest BCUT2D eigenvalue weighted by Gasteiger charge is -2.33. The van der Waals surface area contributed by atoms with Crippen molar-refractivity contribution < 1.29 is 10.0 Å². The summed E-state index contributed by atoms with van der Waals surface area (Å²) in [4.78, 5) is 0. The summed E-state index contributed by atoms with van der Waals surface area (Å²) >= 11 is 0. The molecule has 0 aromatic heterocycles. The summed E-state index contributed by atoms with van der Waals surface area (Å²) in [6.07, 6.45) is 0. The van der Waals surface area contributed by atoms with E-state index in [0.29, 0.717) is 5.46 Å². The van der Waals surface area contributed by atoms with Crippen LogP contribution in [-0.2, 0) is 16.2 Å². The number of benzene rings is 4. The summed E-state index contributed by atoms with van der Waals surface area (Å²) in [6, 6.07) is 28.6. The minimum atomic E-state index is -1.56. The Kier molecular flexibility index (Phi) is 4.81. The van der Waals surface area contributed by atoms with Crippen LogP contribution in [-0.4, -0.2) is 17.2 Å². The molecule has 2 N–H and O–H groups in total. The van der Waals surface area contributed by atoms with Gasteiger partial charge in [-0.15, -0.1) is 0 Å². The van der Waals surface area contributed by atoms with Gasteiger partial charge in [0.2, 0.25) is 0 Å². The maximum Gasteiger partial charge on any atom is 0.489 e. The van der Waals surface area contributed by atoms with E-state index >= 15 is 0 Å². The van der Waals surface area contributed by atoms with Crippen molar-refractivity contribution in [1.82, 2.24) is 0 Å². The standard InChI is InChI=1S/C33H33BO2/c1-31(2,3)20-15-16-24-27(17-20)33(25-13-9-7-11-22(25)23-12-8-10-14-26(23)33)28-18-21(32(4,5)6)19-29(30(24)28)34(35)36/h7-19,35-36H,1-6H3. The molecule has 6 rings (SSSR count). The Morgan fingerprint density at radius 2 is 1.08 bits per heavy atom. The second kappa shape index (κ2) is 7.44. The smallest absolute Gasteiger partial charge is 0.423 e. The lowest BCUT2D eigenvalue weighted by atomic mass is 9.66. The zero-order valence-corrected chi connectivity index (χ0v) is 22.0. The van der Waals surface area contributed by atoms with Crippen molar-refractivity contribution in [3.63, 3.8) is 0 Å². The van der Waals surface area contributed by atoms with Gasteiger partial charge in [0, 0.05) is 0 Å². The SMILES string of the molecule is CC(C)(C)c1ccc2c(c1)C1(c3ccccc3-c3ccccc31)c1cc(C(C)(C)C)cc(B(O)O)c1-2. The first-order valence-electron chi connectivity index (χ1n) is 12.9. The number of hydrogen-bond donors (Lipinski definition) is 2. The van der Waals surface area contributed by atoms with E-state index in [1.54, 1.807) is 0 Å². The van der Waals surface area contributed by atoms with Gasteiger partial charge in [-0.3, -0.25) is 0 Å². The highest BCUT2D eigenvalue weighted by molar-refractivity contribution is 6.60. The van der Waals surface area contributed by atoms with Crippen molar-refractivity contribution >= 4 is 12.6 Å². The van der Waals surface area contributed by atoms with E-state index in [9.17, 15) is 10.0 Å². The van der Waals surface area contributed by atoms with Crippen LogP contribution in [0.4, 0.5) is 0 Å². The van der Waals surface area contributed by atoms with Gasteiger partial charge >= 0.3 is 7.12 Å². The molecule has 2 nitrogen and oxygen atoms in total. The molecule has 36 heavy (non-hydrogen) atoms. The monoisotopic (exact) mass is 472 g/mol. The fourth-order valence-electron chi connectivity index (χ4n) is 6.40. The highest BCUT2D eigenvalue weighted by atomic mass is 16.4. The first-order chi connectivity index (χ1) is 17.0. The largest absolute Gasteiger partial charge is 0.489 e. The quantitative estimate of drug-likeness (QED) is 0.276. The highest BCUT2D eigenvalue weighted by Gasteiger charge is 2.53. The molecule has 3 heteroatoms. The second-order valence-corrected chi connectivity index (χ2v) is 12.5. The van der Waals surface area contributed by atoms with Gasteiger partial charge in [0.15, 0.2) is 0 Å². The van der Waals surface area contributed by atoms with Gasteiger partial charge in [-0.1, -0.05) is 120 Å². The average molecular weight is 472 g/mol.